The number of amides is 1. The standard InChI is InChI=1S/C15H22N4O4/c1-4-6-19-12(11-13(20)16(3)14(19)21)17-7-9-18(10-8-17)15(22)23-5-2/h4,11H,1,5-10H2,2-3H3. The molecule has 0 N–H and O–H groups in total. The second-order valence-corrected chi connectivity index (χ2v) is 5.25. The summed E-state index contributed by atoms with van der Waals surface area (Å²) in [6.45, 7) is 8.11. The molecule has 126 valence electrons. The lowest BCUT2D eigenvalue weighted by molar-refractivity contribution is 0.105. The van der Waals surface area contributed by atoms with Crippen molar-refractivity contribution in [3.63, 3.8) is 0 Å². The van der Waals surface area contributed by atoms with E-state index < -0.39 is 0 Å². The number of nitrogens with zero attached hydrogens (tertiary/aromatic N) is 4. The van der Waals surface area contributed by atoms with Crippen LogP contribution in [-0.2, 0) is 18.3 Å². The number of carbonyl (C=O) groups excluding carboxylic acids is 1. The molecular weight excluding hydrogens is 300 g/mol. The van der Waals surface area contributed by atoms with Crippen molar-refractivity contribution in [2.24, 2.45) is 7.05 Å². The lowest BCUT2D eigenvalue weighted by Gasteiger charge is -2.36. The molecule has 0 saturated carbocycles. The number of ether oxygens (including phenoxy) is 1. The minimum absolute atomic E-state index is 0.320. The van der Waals surface area contributed by atoms with E-state index in [4.69, 9.17) is 4.74 Å². The van der Waals surface area contributed by atoms with E-state index in [1.807, 2.05) is 4.90 Å². The van der Waals surface area contributed by atoms with E-state index >= 15 is 0 Å². The Kier molecular flexibility index (Phi) is 5.25. The van der Waals surface area contributed by atoms with Gasteiger partial charge < -0.3 is 14.5 Å². The van der Waals surface area contributed by atoms with Gasteiger partial charge in [0.15, 0.2) is 0 Å². The second kappa shape index (κ2) is 7.17. The van der Waals surface area contributed by atoms with Crippen LogP contribution in [0.4, 0.5) is 10.6 Å². The highest BCUT2D eigenvalue weighted by Gasteiger charge is 2.24. The van der Waals surface area contributed by atoms with Crippen LogP contribution < -0.4 is 16.1 Å². The van der Waals surface area contributed by atoms with Crippen molar-refractivity contribution in [2.45, 2.75) is 13.5 Å². The summed E-state index contributed by atoms with van der Waals surface area (Å²) in [7, 11) is 1.45. The Labute approximate surface area is 134 Å². The van der Waals surface area contributed by atoms with Crippen LogP contribution in [0.2, 0.25) is 0 Å². The first-order valence-corrected chi connectivity index (χ1v) is 7.58. The molecule has 0 radical (unpaired) electrons. The van der Waals surface area contributed by atoms with E-state index in [1.54, 1.807) is 17.9 Å². The molecule has 0 atom stereocenters. The van der Waals surface area contributed by atoms with Crippen molar-refractivity contribution in [1.29, 1.82) is 0 Å². The molecule has 8 heteroatoms. The van der Waals surface area contributed by atoms with E-state index in [0.717, 1.165) is 4.57 Å². The van der Waals surface area contributed by atoms with Gasteiger partial charge in [0.25, 0.3) is 5.56 Å². The Morgan fingerprint density at radius 2 is 1.96 bits per heavy atom. The van der Waals surface area contributed by atoms with Crippen LogP contribution in [0.15, 0.2) is 28.3 Å². The Bertz CT molecular complexity index is 698. The van der Waals surface area contributed by atoms with Gasteiger partial charge >= 0.3 is 11.8 Å². The third kappa shape index (κ3) is 3.46. The first-order valence-electron chi connectivity index (χ1n) is 7.58. The van der Waals surface area contributed by atoms with Gasteiger partial charge in [-0.05, 0) is 6.92 Å². The van der Waals surface area contributed by atoms with Gasteiger partial charge in [-0.2, -0.15) is 0 Å². The summed E-state index contributed by atoms with van der Waals surface area (Å²) in [5, 5.41) is 0. The smallest absolute Gasteiger partial charge is 0.409 e. The van der Waals surface area contributed by atoms with Crippen molar-refractivity contribution in [3.05, 3.63) is 39.6 Å². The average molecular weight is 322 g/mol. The molecule has 1 saturated heterocycles. The first kappa shape index (κ1) is 16.9. The number of piperazine rings is 1. The quantitative estimate of drug-likeness (QED) is 0.730. The number of anilines is 1. The number of rotatable bonds is 4. The molecule has 1 aromatic heterocycles. The van der Waals surface area contributed by atoms with E-state index in [0.29, 0.717) is 45.1 Å². The second-order valence-electron chi connectivity index (χ2n) is 5.25. The largest absolute Gasteiger partial charge is 0.450 e. The fourth-order valence-corrected chi connectivity index (χ4v) is 2.55. The minimum Gasteiger partial charge on any atom is -0.450 e. The zero-order valence-electron chi connectivity index (χ0n) is 13.5. The molecule has 23 heavy (non-hydrogen) atoms. The molecule has 1 aliphatic rings. The van der Waals surface area contributed by atoms with Crippen LogP contribution in [0.25, 0.3) is 0 Å². The normalized spacial score (nSPS) is 14.7. The Hall–Kier alpha value is -2.51. The molecule has 1 aliphatic heterocycles. The number of aromatic nitrogens is 2. The van der Waals surface area contributed by atoms with Gasteiger partial charge in [0, 0.05) is 45.8 Å². The molecule has 0 unspecified atom stereocenters. The van der Waals surface area contributed by atoms with Crippen molar-refractivity contribution < 1.29 is 9.53 Å². The third-order valence-corrected chi connectivity index (χ3v) is 3.82. The highest BCUT2D eigenvalue weighted by atomic mass is 16.6. The monoisotopic (exact) mass is 322 g/mol. The van der Waals surface area contributed by atoms with Gasteiger partial charge in [-0.3, -0.25) is 13.9 Å². The van der Waals surface area contributed by atoms with E-state index in [2.05, 4.69) is 6.58 Å². The summed E-state index contributed by atoms with van der Waals surface area (Å²) in [5.74, 6) is 0.557. The molecule has 8 nitrogen and oxygen atoms in total. The van der Waals surface area contributed by atoms with Gasteiger partial charge in [0.2, 0.25) is 0 Å². The molecule has 0 aromatic carbocycles. The van der Waals surface area contributed by atoms with Crippen LogP contribution in [0.5, 0.6) is 0 Å². The fourth-order valence-electron chi connectivity index (χ4n) is 2.55. The summed E-state index contributed by atoms with van der Waals surface area (Å²) in [6.07, 6.45) is 1.28. The fraction of sp³-hybridized carbons (Fsp3) is 0.533. The Morgan fingerprint density at radius 1 is 1.30 bits per heavy atom. The predicted molar refractivity (Wildman–Crippen MR) is 86.9 cm³/mol. The maximum atomic E-state index is 12.3. The summed E-state index contributed by atoms with van der Waals surface area (Å²) >= 11 is 0. The molecular formula is C15H22N4O4. The van der Waals surface area contributed by atoms with Crippen LogP contribution in [0.3, 0.4) is 0 Å². The van der Waals surface area contributed by atoms with E-state index in [-0.39, 0.29) is 17.3 Å². The molecule has 1 amide bonds. The maximum Gasteiger partial charge on any atom is 0.409 e. The molecule has 0 aliphatic carbocycles. The van der Waals surface area contributed by atoms with Crippen LogP contribution in [0.1, 0.15) is 6.92 Å². The summed E-state index contributed by atoms with van der Waals surface area (Å²) < 4.78 is 7.56. The van der Waals surface area contributed by atoms with Crippen LogP contribution in [-0.4, -0.2) is 52.9 Å². The topological polar surface area (TPSA) is 76.8 Å². The average Bonchev–Trinajstić information content (AvgIpc) is 2.55. The highest BCUT2D eigenvalue weighted by Crippen LogP contribution is 2.14. The molecule has 2 heterocycles. The number of hydrogen-bond acceptors (Lipinski definition) is 5. The Balaban J connectivity index is 2.24. The maximum absolute atomic E-state index is 12.3. The van der Waals surface area contributed by atoms with E-state index in [9.17, 15) is 14.4 Å². The van der Waals surface area contributed by atoms with Gasteiger partial charge in [0.1, 0.15) is 5.82 Å². The lowest BCUT2D eigenvalue weighted by atomic mass is 10.3. The van der Waals surface area contributed by atoms with Crippen molar-refractivity contribution in [1.82, 2.24) is 14.0 Å². The molecule has 1 aromatic rings. The summed E-state index contributed by atoms with van der Waals surface area (Å²) in [5.41, 5.74) is -0.724. The molecule has 2 rings (SSSR count). The molecule has 0 spiro atoms. The van der Waals surface area contributed by atoms with Gasteiger partial charge in [0.05, 0.1) is 6.61 Å². The predicted octanol–water partition coefficient (Wildman–Crippen LogP) is 0.0115. The third-order valence-electron chi connectivity index (χ3n) is 3.82. The summed E-state index contributed by atoms with van der Waals surface area (Å²) in [4.78, 5) is 39.5. The highest BCUT2D eigenvalue weighted by molar-refractivity contribution is 5.68. The lowest BCUT2D eigenvalue weighted by Crippen LogP contribution is -2.51. The zero-order chi connectivity index (χ0) is 17.0. The number of allylic oxidation sites excluding steroid dienone is 1. The number of carbonyl (C=O) groups is 1. The first-order chi connectivity index (χ1) is 11.0. The van der Waals surface area contributed by atoms with E-state index in [1.165, 1.54) is 17.7 Å². The van der Waals surface area contributed by atoms with Crippen molar-refractivity contribution in [3.8, 4) is 0 Å². The Morgan fingerprint density at radius 3 is 2.52 bits per heavy atom. The zero-order valence-corrected chi connectivity index (χ0v) is 13.5. The minimum atomic E-state index is -0.375. The van der Waals surface area contributed by atoms with Gasteiger partial charge in [-0.25, -0.2) is 9.59 Å². The SMILES string of the molecule is C=CCn1c(N2CCN(C(=O)OCC)CC2)cc(=O)n(C)c1=O. The van der Waals surface area contributed by atoms with Crippen LogP contribution >= 0.6 is 0 Å². The van der Waals surface area contributed by atoms with Crippen molar-refractivity contribution in [2.75, 3.05) is 37.7 Å². The number of hydrogen-bond donors (Lipinski definition) is 0. The summed E-state index contributed by atoms with van der Waals surface area (Å²) in [6, 6.07) is 1.45. The van der Waals surface area contributed by atoms with Crippen molar-refractivity contribution >= 4 is 11.9 Å². The van der Waals surface area contributed by atoms with Crippen LogP contribution in [0, 0.1) is 0 Å². The molecule has 1 fully saturated rings. The van der Waals surface area contributed by atoms with Gasteiger partial charge in [-0.15, -0.1) is 6.58 Å². The van der Waals surface area contributed by atoms with Gasteiger partial charge in [-0.1, -0.05) is 6.08 Å². The molecule has 0 bridgehead atoms.